The lowest BCUT2D eigenvalue weighted by molar-refractivity contribution is 0.0428. The van der Waals surface area contributed by atoms with E-state index in [0.717, 1.165) is 29.8 Å². The second-order valence-corrected chi connectivity index (χ2v) is 11.7. The van der Waals surface area contributed by atoms with E-state index >= 15 is 0 Å². The van der Waals surface area contributed by atoms with Crippen LogP contribution in [0.25, 0.3) is 0 Å². The number of hydrogen-bond acceptors (Lipinski definition) is 7. The number of carbonyl (C=O) groups is 2. The quantitative estimate of drug-likeness (QED) is 0.587. The maximum Gasteiger partial charge on any atom is 0.425 e. The summed E-state index contributed by atoms with van der Waals surface area (Å²) in [6, 6.07) is 1.68. The van der Waals surface area contributed by atoms with Gasteiger partial charge in [-0.15, -0.1) is 10.2 Å². The minimum Gasteiger partial charge on any atom is -0.443 e. The van der Waals surface area contributed by atoms with Gasteiger partial charge in [-0.25, -0.2) is 9.59 Å². The van der Waals surface area contributed by atoms with E-state index in [1.165, 1.54) is 19.3 Å². The summed E-state index contributed by atoms with van der Waals surface area (Å²) >= 11 is 6.23. The molecule has 2 amide bonds. The van der Waals surface area contributed by atoms with Crippen molar-refractivity contribution in [2.24, 2.45) is 23.7 Å². The molecule has 3 aliphatic rings. The number of amides is 2. The fourth-order valence-electron chi connectivity index (χ4n) is 5.32. The van der Waals surface area contributed by atoms with E-state index in [1.807, 2.05) is 0 Å². The second-order valence-electron chi connectivity index (χ2n) is 11.3. The molecule has 176 valence electrons. The van der Waals surface area contributed by atoms with Crippen molar-refractivity contribution in [2.45, 2.75) is 72.0 Å². The molecular formula is C23H33ClN4O4. The Morgan fingerprint density at radius 1 is 0.969 bits per heavy atom. The minimum absolute atomic E-state index is 0.0894. The summed E-state index contributed by atoms with van der Waals surface area (Å²) in [4.78, 5) is 29.4. The Bertz CT molecular complexity index is 878. The topological polar surface area (TPSA) is 84.9 Å². The molecule has 9 heteroatoms. The average Bonchev–Trinajstić information content (AvgIpc) is 2.82. The Morgan fingerprint density at radius 3 is 2.19 bits per heavy atom. The van der Waals surface area contributed by atoms with E-state index in [4.69, 9.17) is 21.1 Å². The van der Waals surface area contributed by atoms with Crippen LogP contribution in [0, 0.1) is 23.7 Å². The van der Waals surface area contributed by atoms with Crippen molar-refractivity contribution in [2.75, 3.05) is 22.9 Å². The molecule has 4 rings (SSSR count). The standard InChI is InChI=1S/C23H33ClN4O4/c1-22(2,3)31-20(29)28(21(30)32-23(4,5)6)19-17(10-18(24)25-26-19)27-11-13-7-14-9-15(12-27)16(14)8-13/h10,13-16H,7-9,11-12H2,1-6H3/t13-,14+,15-,16?/m0/s1. The number of hydrogen-bond donors (Lipinski definition) is 0. The van der Waals surface area contributed by atoms with Gasteiger partial charge in [0.1, 0.15) is 11.2 Å². The first kappa shape index (κ1) is 23.1. The van der Waals surface area contributed by atoms with Crippen LogP contribution in [-0.2, 0) is 9.47 Å². The lowest BCUT2D eigenvalue weighted by Gasteiger charge is -2.44. The second kappa shape index (κ2) is 8.04. The molecule has 0 radical (unpaired) electrons. The van der Waals surface area contributed by atoms with E-state index in [9.17, 15) is 9.59 Å². The summed E-state index contributed by atoms with van der Waals surface area (Å²) in [5.74, 6) is 2.95. The number of anilines is 2. The van der Waals surface area contributed by atoms with Crippen molar-refractivity contribution in [3.05, 3.63) is 11.2 Å². The van der Waals surface area contributed by atoms with Gasteiger partial charge in [-0.05, 0) is 84.5 Å². The number of nitrogens with zero attached hydrogens (tertiary/aromatic N) is 4. The van der Waals surface area contributed by atoms with E-state index in [-0.39, 0.29) is 11.0 Å². The third-order valence-corrected chi connectivity index (χ3v) is 6.61. The third kappa shape index (κ3) is 4.80. The van der Waals surface area contributed by atoms with Crippen molar-refractivity contribution in [1.29, 1.82) is 0 Å². The molecule has 1 unspecified atom stereocenters. The highest BCUT2D eigenvalue weighted by Gasteiger charge is 2.51. The lowest BCUT2D eigenvalue weighted by Crippen LogP contribution is -2.46. The van der Waals surface area contributed by atoms with Gasteiger partial charge in [-0.3, -0.25) is 0 Å². The average molecular weight is 465 g/mol. The van der Waals surface area contributed by atoms with Gasteiger partial charge in [0.05, 0.1) is 5.69 Å². The molecule has 32 heavy (non-hydrogen) atoms. The molecule has 8 nitrogen and oxygen atoms in total. The summed E-state index contributed by atoms with van der Waals surface area (Å²) in [7, 11) is 0. The molecule has 0 N–H and O–H groups in total. The summed E-state index contributed by atoms with van der Waals surface area (Å²) in [6.45, 7) is 12.1. The number of aromatic nitrogens is 2. The van der Waals surface area contributed by atoms with Crippen LogP contribution in [0.3, 0.4) is 0 Å². The van der Waals surface area contributed by atoms with Gasteiger partial charge in [0.15, 0.2) is 11.0 Å². The molecule has 4 atom stereocenters. The maximum atomic E-state index is 13.2. The minimum atomic E-state index is -0.857. The van der Waals surface area contributed by atoms with Crippen LogP contribution in [0.5, 0.6) is 0 Å². The Balaban J connectivity index is 1.72. The smallest absolute Gasteiger partial charge is 0.425 e. The first-order valence-electron chi connectivity index (χ1n) is 11.3. The first-order chi connectivity index (χ1) is 14.8. The predicted molar refractivity (Wildman–Crippen MR) is 122 cm³/mol. The van der Waals surface area contributed by atoms with Crippen LogP contribution < -0.4 is 9.80 Å². The number of ether oxygens (including phenoxy) is 2. The van der Waals surface area contributed by atoms with E-state index in [1.54, 1.807) is 47.6 Å². The number of fused-ring (bicyclic) bond motifs is 1. The predicted octanol–water partition coefficient (Wildman–Crippen LogP) is 5.29. The van der Waals surface area contributed by atoms with E-state index in [2.05, 4.69) is 15.1 Å². The molecular weight excluding hydrogens is 432 g/mol. The van der Waals surface area contributed by atoms with Crippen LogP contribution in [0.2, 0.25) is 5.15 Å². The Morgan fingerprint density at radius 2 is 1.59 bits per heavy atom. The zero-order valence-corrected chi connectivity index (χ0v) is 20.5. The molecule has 1 aromatic heterocycles. The van der Waals surface area contributed by atoms with Crippen LogP contribution >= 0.6 is 11.6 Å². The molecule has 2 saturated carbocycles. The SMILES string of the molecule is CC(C)(C)OC(=O)N(C(=O)OC(C)(C)C)c1nnc(Cl)cc1N1C[C@@H]2CC3[C@H](C2)C[C@H]3C1. The van der Waals surface area contributed by atoms with Crippen molar-refractivity contribution < 1.29 is 19.1 Å². The summed E-state index contributed by atoms with van der Waals surface area (Å²) < 4.78 is 11.1. The first-order valence-corrected chi connectivity index (χ1v) is 11.7. The summed E-state index contributed by atoms with van der Waals surface area (Å²) in [5, 5.41) is 8.34. The molecule has 1 saturated heterocycles. The van der Waals surface area contributed by atoms with E-state index in [0.29, 0.717) is 17.5 Å². The molecule has 2 bridgehead atoms. The van der Waals surface area contributed by atoms with Crippen molar-refractivity contribution in [3.63, 3.8) is 0 Å². The van der Waals surface area contributed by atoms with Gasteiger partial charge in [-0.1, -0.05) is 11.6 Å². The van der Waals surface area contributed by atoms with Gasteiger partial charge in [0.25, 0.3) is 0 Å². The van der Waals surface area contributed by atoms with Crippen molar-refractivity contribution >= 4 is 35.3 Å². The number of rotatable bonds is 2. The largest absolute Gasteiger partial charge is 0.443 e. The van der Waals surface area contributed by atoms with E-state index < -0.39 is 23.4 Å². The van der Waals surface area contributed by atoms with Crippen LogP contribution in [0.4, 0.5) is 21.1 Å². The van der Waals surface area contributed by atoms with Crippen LogP contribution in [-0.4, -0.2) is 46.7 Å². The lowest BCUT2D eigenvalue weighted by atomic mass is 9.66. The zero-order chi connectivity index (χ0) is 23.4. The van der Waals surface area contributed by atoms with Crippen molar-refractivity contribution in [3.8, 4) is 0 Å². The highest BCUT2D eigenvalue weighted by atomic mass is 35.5. The third-order valence-electron chi connectivity index (χ3n) is 6.42. The Labute approximate surface area is 194 Å². The molecule has 2 aliphatic carbocycles. The fraction of sp³-hybridized carbons (Fsp3) is 0.739. The van der Waals surface area contributed by atoms with Crippen molar-refractivity contribution in [1.82, 2.24) is 10.2 Å². The van der Waals surface area contributed by atoms with Gasteiger partial charge in [0, 0.05) is 19.2 Å². The summed E-state index contributed by atoms with van der Waals surface area (Å²) in [6.07, 6.45) is 2.01. The maximum absolute atomic E-state index is 13.2. The molecule has 3 fully saturated rings. The normalized spacial score (nSPS) is 26.8. The van der Waals surface area contributed by atoms with Gasteiger partial charge in [0.2, 0.25) is 0 Å². The van der Waals surface area contributed by atoms with Crippen LogP contribution in [0.1, 0.15) is 60.8 Å². The highest BCUT2D eigenvalue weighted by molar-refractivity contribution is 6.29. The van der Waals surface area contributed by atoms with Gasteiger partial charge < -0.3 is 14.4 Å². The van der Waals surface area contributed by atoms with Gasteiger partial charge >= 0.3 is 12.2 Å². The zero-order valence-electron chi connectivity index (χ0n) is 19.7. The Hall–Kier alpha value is -2.09. The highest BCUT2D eigenvalue weighted by Crippen LogP contribution is 2.56. The number of halogens is 1. The molecule has 0 spiro atoms. The molecule has 1 aliphatic heterocycles. The van der Waals surface area contributed by atoms with Crippen LogP contribution in [0.15, 0.2) is 6.07 Å². The molecule has 2 heterocycles. The number of imide groups is 1. The fourth-order valence-corrected chi connectivity index (χ4v) is 5.47. The summed E-state index contributed by atoms with van der Waals surface area (Å²) in [5.41, 5.74) is -1.00. The molecule has 1 aromatic rings. The molecule has 0 aromatic carbocycles. The monoisotopic (exact) mass is 464 g/mol. The Kier molecular flexibility index (Phi) is 5.80. The van der Waals surface area contributed by atoms with Gasteiger partial charge in [-0.2, -0.15) is 4.90 Å². The number of carbonyl (C=O) groups excluding carboxylic acids is 2.